The molecule has 0 aliphatic carbocycles. The average Bonchev–Trinajstić information content (AvgIpc) is 2.86. The molecule has 0 bridgehead atoms. The fraction of sp³-hybridized carbons (Fsp3) is 0.176. The van der Waals surface area contributed by atoms with Crippen molar-refractivity contribution in [2.24, 2.45) is 7.05 Å². The SMILES string of the molecule is C[C@@H](NC(=O)c1ccccc1)c1nc2ccccc2n1C. The Balaban J connectivity index is 1.86. The van der Waals surface area contributed by atoms with Crippen molar-refractivity contribution in [3.8, 4) is 0 Å². The van der Waals surface area contributed by atoms with E-state index in [1.807, 2.05) is 61.0 Å². The van der Waals surface area contributed by atoms with Crippen LogP contribution in [0.1, 0.15) is 29.1 Å². The van der Waals surface area contributed by atoms with Crippen LogP contribution in [0.3, 0.4) is 0 Å². The molecule has 1 atom stereocenters. The van der Waals surface area contributed by atoms with Crippen molar-refractivity contribution < 1.29 is 4.79 Å². The van der Waals surface area contributed by atoms with Crippen LogP contribution in [0.2, 0.25) is 0 Å². The number of nitrogens with zero attached hydrogens (tertiary/aromatic N) is 2. The third kappa shape index (κ3) is 2.52. The highest BCUT2D eigenvalue weighted by atomic mass is 16.1. The van der Waals surface area contributed by atoms with Gasteiger partial charge in [0.2, 0.25) is 0 Å². The van der Waals surface area contributed by atoms with Crippen molar-refractivity contribution in [1.29, 1.82) is 0 Å². The van der Waals surface area contributed by atoms with Crippen LogP contribution < -0.4 is 5.32 Å². The first-order valence-corrected chi connectivity index (χ1v) is 6.94. The number of carbonyl (C=O) groups excluding carboxylic acids is 1. The van der Waals surface area contributed by atoms with Crippen LogP contribution in [0.15, 0.2) is 54.6 Å². The van der Waals surface area contributed by atoms with E-state index in [-0.39, 0.29) is 11.9 Å². The first kappa shape index (κ1) is 13.4. The molecule has 1 heterocycles. The third-order valence-corrected chi connectivity index (χ3v) is 3.59. The van der Waals surface area contributed by atoms with E-state index in [1.165, 1.54) is 0 Å². The third-order valence-electron chi connectivity index (χ3n) is 3.59. The molecule has 106 valence electrons. The molecule has 0 aliphatic heterocycles. The lowest BCUT2D eigenvalue weighted by atomic mass is 10.2. The van der Waals surface area contributed by atoms with Crippen molar-refractivity contribution in [2.45, 2.75) is 13.0 Å². The van der Waals surface area contributed by atoms with Crippen molar-refractivity contribution >= 4 is 16.9 Å². The smallest absolute Gasteiger partial charge is 0.251 e. The summed E-state index contributed by atoms with van der Waals surface area (Å²) in [6, 6.07) is 17.0. The maximum atomic E-state index is 12.2. The number of aromatic nitrogens is 2. The van der Waals surface area contributed by atoms with Crippen molar-refractivity contribution in [2.75, 3.05) is 0 Å². The number of imidazole rings is 1. The first-order valence-electron chi connectivity index (χ1n) is 6.94. The van der Waals surface area contributed by atoms with Gasteiger partial charge in [-0.2, -0.15) is 0 Å². The number of para-hydroxylation sites is 2. The van der Waals surface area contributed by atoms with Crippen LogP contribution >= 0.6 is 0 Å². The van der Waals surface area contributed by atoms with Crippen molar-refractivity contribution in [3.63, 3.8) is 0 Å². The minimum Gasteiger partial charge on any atom is -0.342 e. The van der Waals surface area contributed by atoms with Crippen LogP contribution in [0.25, 0.3) is 11.0 Å². The number of fused-ring (bicyclic) bond motifs is 1. The molecule has 1 N–H and O–H groups in total. The molecule has 3 aromatic rings. The van der Waals surface area contributed by atoms with Gasteiger partial charge in [-0.25, -0.2) is 4.98 Å². The Labute approximate surface area is 123 Å². The molecule has 0 saturated heterocycles. The molecule has 0 radical (unpaired) electrons. The summed E-state index contributed by atoms with van der Waals surface area (Å²) >= 11 is 0. The lowest BCUT2D eigenvalue weighted by Gasteiger charge is -2.14. The van der Waals surface area contributed by atoms with Crippen molar-refractivity contribution in [3.05, 3.63) is 66.0 Å². The Morgan fingerprint density at radius 3 is 2.48 bits per heavy atom. The van der Waals surface area contributed by atoms with Gasteiger partial charge in [0.1, 0.15) is 5.82 Å². The van der Waals surface area contributed by atoms with Gasteiger partial charge >= 0.3 is 0 Å². The van der Waals surface area contributed by atoms with Crippen LogP contribution in [0, 0.1) is 0 Å². The topological polar surface area (TPSA) is 46.9 Å². The monoisotopic (exact) mass is 279 g/mol. The highest BCUT2D eigenvalue weighted by molar-refractivity contribution is 5.94. The normalized spacial score (nSPS) is 12.3. The van der Waals surface area contributed by atoms with Crippen LogP contribution in [0.5, 0.6) is 0 Å². The molecule has 21 heavy (non-hydrogen) atoms. The summed E-state index contributed by atoms with van der Waals surface area (Å²) in [7, 11) is 1.97. The zero-order valence-electron chi connectivity index (χ0n) is 12.1. The average molecular weight is 279 g/mol. The molecule has 0 unspecified atom stereocenters. The number of carbonyl (C=O) groups is 1. The maximum Gasteiger partial charge on any atom is 0.251 e. The highest BCUT2D eigenvalue weighted by Crippen LogP contribution is 2.19. The molecule has 4 nitrogen and oxygen atoms in total. The molecule has 0 spiro atoms. The van der Waals surface area contributed by atoms with E-state index in [4.69, 9.17) is 0 Å². The predicted octanol–water partition coefficient (Wildman–Crippen LogP) is 3.06. The largest absolute Gasteiger partial charge is 0.342 e. The predicted molar refractivity (Wildman–Crippen MR) is 83.0 cm³/mol. The fourth-order valence-corrected chi connectivity index (χ4v) is 2.49. The number of rotatable bonds is 3. The summed E-state index contributed by atoms with van der Waals surface area (Å²) in [6.45, 7) is 1.95. The van der Waals surface area contributed by atoms with Gasteiger partial charge < -0.3 is 9.88 Å². The second-order valence-electron chi connectivity index (χ2n) is 5.08. The van der Waals surface area contributed by atoms with Gasteiger partial charge in [-0.1, -0.05) is 30.3 Å². The van der Waals surface area contributed by atoms with Gasteiger partial charge in [0, 0.05) is 12.6 Å². The summed E-state index contributed by atoms with van der Waals surface area (Å²) in [5.74, 6) is 0.760. The summed E-state index contributed by atoms with van der Waals surface area (Å²) in [6.07, 6.45) is 0. The van der Waals surface area contributed by atoms with Gasteiger partial charge in [-0.05, 0) is 31.2 Å². The second-order valence-corrected chi connectivity index (χ2v) is 5.08. The first-order chi connectivity index (χ1) is 10.2. The zero-order valence-corrected chi connectivity index (χ0v) is 12.1. The summed E-state index contributed by atoms with van der Waals surface area (Å²) < 4.78 is 2.02. The summed E-state index contributed by atoms with van der Waals surface area (Å²) in [5, 5.41) is 2.99. The molecular weight excluding hydrogens is 262 g/mol. The van der Waals surface area contributed by atoms with E-state index in [0.717, 1.165) is 16.9 Å². The lowest BCUT2D eigenvalue weighted by Crippen LogP contribution is -2.28. The van der Waals surface area contributed by atoms with E-state index >= 15 is 0 Å². The minimum atomic E-state index is -0.157. The number of aryl methyl sites for hydroxylation is 1. The van der Waals surface area contributed by atoms with Gasteiger partial charge in [0.15, 0.2) is 0 Å². The minimum absolute atomic E-state index is 0.0878. The van der Waals surface area contributed by atoms with Crippen LogP contribution in [-0.4, -0.2) is 15.5 Å². The molecule has 2 aromatic carbocycles. The Bertz CT molecular complexity index is 777. The quantitative estimate of drug-likeness (QED) is 0.801. The highest BCUT2D eigenvalue weighted by Gasteiger charge is 2.16. The molecule has 4 heteroatoms. The van der Waals surface area contributed by atoms with E-state index in [0.29, 0.717) is 5.56 Å². The van der Waals surface area contributed by atoms with Gasteiger partial charge in [0.25, 0.3) is 5.91 Å². The van der Waals surface area contributed by atoms with E-state index in [1.54, 1.807) is 12.1 Å². The fourth-order valence-electron chi connectivity index (χ4n) is 2.49. The van der Waals surface area contributed by atoms with E-state index in [2.05, 4.69) is 10.3 Å². The molecule has 3 rings (SSSR count). The Hall–Kier alpha value is -2.62. The summed E-state index contributed by atoms with van der Waals surface area (Å²) in [5.41, 5.74) is 2.66. The molecular formula is C17H17N3O. The number of hydrogen-bond acceptors (Lipinski definition) is 2. The van der Waals surface area contributed by atoms with Crippen molar-refractivity contribution in [1.82, 2.24) is 14.9 Å². The second kappa shape index (κ2) is 5.40. The number of nitrogens with one attached hydrogen (secondary N) is 1. The van der Waals surface area contributed by atoms with Gasteiger partial charge in [-0.3, -0.25) is 4.79 Å². The Kier molecular flexibility index (Phi) is 3.44. The molecule has 0 fully saturated rings. The molecule has 0 saturated carbocycles. The summed E-state index contributed by atoms with van der Waals surface area (Å²) in [4.78, 5) is 16.8. The van der Waals surface area contributed by atoms with E-state index < -0.39 is 0 Å². The Morgan fingerprint density at radius 1 is 1.10 bits per heavy atom. The lowest BCUT2D eigenvalue weighted by molar-refractivity contribution is 0.0938. The Morgan fingerprint density at radius 2 is 1.76 bits per heavy atom. The molecule has 1 aromatic heterocycles. The van der Waals surface area contributed by atoms with Crippen LogP contribution in [0.4, 0.5) is 0 Å². The van der Waals surface area contributed by atoms with E-state index in [9.17, 15) is 4.79 Å². The zero-order chi connectivity index (χ0) is 14.8. The number of benzene rings is 2. The molecule has 1 amide bonds. The van der Waals surface area contributed by atoms with Gasteiger partial charge in [-0.15, -0.1) is 0 Å². The number of amides is 1. The standard InChI is InChI=1S/C17H17N3O/c1-12(18-17(21)13-8-4-3-5-9-13)16-19-14-10-6-7-11-15(14)20(16)2/h3-12H,1-2H3,(H,18,21)/t12-/m1/s1. The maximum absolute atomic E-state index is 12.2. The number of hydrogen-bond donors (Lipinski definition) is 1. The van der Waals surface area contributed by atoms with Crippen LogP contribution in [-0.2, 0) is 7.05 Å². The van der Waals surface area contributed by atoms with Gasteiger partial charge in [0.05, 0.1) is 17.1 Å². The molecule has 0 aliphatic rings.